The van der Waals surface area contributed by atoms with Gasteiger partial charge in [-0.15, -0.1) is 0 Å². The van der Waals surface area contributed by atoms with Crippen LogP contribution in [-0.4, -0.2) is 43.8 Å². The molecule has 0 aliphatic heterocycles. The maximum atomic E-state index is 14.5. The number of carbonyl (C=O) groups is 2. The minimum Gasteiger partial charge on any atom is -0.352 e. The molecule has 45 heavy (non-hydrogen) atoms. The molecule has 0 aliphatic rings. The largest absolute Gasteiger partial charge is 0.352 e. The number of hydrogen-bond donors (Lipinski definition) is 1. The van der Waals surface area contributed by atoms with Crippen molar-refractivity contribution in [2.24, 2.45) is 0 Å². The first kappa shape index (κ1) is 34.0. The van der Waals surface area contributed by atoms with Crippen molar-refractivity contribution in [3.05, 3.63) is 129 Å². The van der Waals surface area contributed by atoms with Crippen LogP contribution in [0.1, 0.15) is 36.1 Å². The Labute approximate surface area is 275 Å². The van der Waals surface area contributed by atoms with E-state index in [1.54, 1.807) is 24.3 Å². The van der Waals surface area contributed by atoms with Crippen LogP contribution < -0.4 is 9.62 Å². The van der Waals surface area contributed by atoms with E-state index in [4.69, 9.17) is 23.2 Å². The SMILES string of the molecule is Cc1ccc(S(=O)(=O)N(CC(=O)N(Cc2cccc(C)c2)[C@@H](Cc2ccccc2)C(=O)NC(C)C)c2cccc(Cl)c2Cl)cc1. The molecule has 0 saturated carbocycles. The maximum Gasteiger partial charge on any atom is 0.264 e. The number of carbonyl (C=O) groups excluding carboxylic acids is 2. The topological polar surface area (TPSA) is 86.8 Å². The molecule has 0 spiro atoms. The van der Waals surface area contributed by atoms with Gasteiger partial charge in [-0.1, -0.05) is 107 Å². The van der Waals surface area contributed by atoms with Gasteiger partial charge in [0.1, 0.15) is 12.6 Å². The van der Waals surface area contributed by atoms with Gasteiger partial charge in [0.15, 0.2) is 0 Å². The van der Waals surface area contributed by atoms with Crippen molar-refractivity contribution in [2.45, 2.75) is 57.6 Å². The first-order valence-corrected chi connectivity index (χ1v) is 16.8. The van der Waals surface area contributed by atoms with Crippen LogP contribution >= 0.6 is 23.2 Å². The van der Waals surface area contributed by atoms with E-state index in [0.29, 0.717) is 0 Å². The second-order valence-electron chi connectivity index (χ2n) is 11.3. The number of amides is 2. The Hall–Kier alpha value is -3.85. The summed E-state index contributed by atoms with van der Waals surface area (Å²) in [6.45, 7) is 6.94. The summed E-state index contributed by atoms with van der Waals surface area (Å²) in [5.74, 6) is -0.924. The molecular formula is C35H37Cl2N3O4S. The number of halogens is 2. The van der Waals surface area contributed by atoms with Crippen molar-refractivity contribution in [1.29, 1.82) is 0 Å². The molecule has 1 N–H and O–H groups in total. The quantitative estimate of drug-likeness (QED) is 0.177. The third-order valence-corrected chi connectivity index (χ3v) is 9.81. The molecule has 10 heteroatoms. The Bertz CT molecular complexity index is 1750. The summed E-state index contributed by atoms with van der Waals surface area (Å²) in [7, 11) is -4.30. The van der Waals surface area contributed by atoms with Crippen molar-refractivity contribution in [3.8, 4) is 0 Å². The van der Waals surface area contributed by atoms with Gasteiger partial charge < -0.3 is 10.2 Å². The van der Waals surface area contributed by atoms with E-state index in [1.807, 2.05) is 82.3 Å². The zero-order valence-electron chi connectivity index (χ0n) is 25.7. The molecule has 236 valence electrons. The number of aryl methyl sites for hydroxylation is 2. The number of nitrogens with zero attached hydrogens (tertiary/aromatic N) is 2. The van der Waals surface area contributed by atoms with Crippen molar-refractivity contribution in [1.82, 2.24) is 10.2 Å². The summed E-state index contributed by atoms with van der Waals surface area (Å²) < 4.78 is 29.3. The molecule has 1 atom stereocenters. The molecule has 0 aliphatic carbocycles. The minimum absolute atomic E-state index is 0.00808. The first-order valence-electron chi connectivity index (χ1n) is 14.6. The Morgan fingerprint density at radius 3 is 2.09 bits per heavy atom. The number of anilines is 1. The van der Waals surface area contributed by atoms with Crippen LogP contribution in [0.2, 0.25) is 10.0 Å². The predicted octanol–water partition coefficient (Wildman–Crippen LogP) is 6.97. The molecule has 0 bridgehead atoms. The molecule has 2 amide bonds. The second kappa shape index (κ2) is 15.0. The van der Waals surface area contributed by atoms with E-state index in [1.165, 1.54) is 23.1 Å². The van der Waals surface area contributed by atoms with Crippen LogP contribution in [0.5, 0.6) is 0 Å². The van der Waals surface area contributed by atoms with E-state index in [0.717, 1.165) is 26.6 Å². The summed E-state index contributed by atoms with van der Waals surface area (Å²) in [6, 6.07) is 26.9. The normalized spacial score (nSPS) is 12.1. The average molecular weight is 667 g/mol. The van der Waals surface area contributed by atoms with E-state index >= 15 is 0 Å². The highest BCUT2D eigenvalue weighted by Crippen LogP contribution is 2.35. The molecule has 0 heterocycles. The van der Waals surface area contributed by atoms with Crippen LogP contribution in [0.4, 0.5) is 5.69 Å². The molecule has 0 fully saturated rings. The van der Waals surface area contributed by atoms with E-state index in [9.17, 15) is 18.0 Å². The van der Waals surface area contributed by atoms with Gasteiger partial charge >= 0.3 is 0 Å². The van der Waals surface area contributed by atoms with Gasteiger partial charge in [-0.2, -0.15) is 0 Å². The number of nitrogens with one attached hydrogen (secondary N) is 1. The number of hydrogen-bond acceptors (Lipinski definition) is 4. The van der Waals surface area contributed by atoms with Crippen molar-refractivity contribution < 1.29 is 18.0 Å². The zero-order chi connectivity index (χ0) is 32.7. The highest BCUT2D eigenvalue weighted by Gasteiger charge is 2.35. The van der Waals surface area contributed by atoms with Gasteiger partial charge in [0.25, 0.3) is 10.0 Å². The van der Waals surface area contributed by atoms with Gasteiger partial charge in [-0.25, -0.2) is 8.42 Å². The Balaban J connectivity index is 1.84. The van der Waals surface area contributed by atoms with Crippen molar-refractivity contribution in [3.63, 3.8) is 0 Å². The third-order valence-electron chi connectivity index (χ3n) is 7.23. The van der Waals surface area contributed by atoms with E-state index in [-0.39, 0.29) is 45.5 Å². The maximum absolute atomic E-state index is 14.5. The van der Waals surface area contributed by atoms with Crippen LogP contribution in [-0.2, 0) is 32.6 Å². The molecule has 4 aromatic carbocycles. The highest BCUT2D eigenvalue weighted by atomic mass is 35.5. The molecule has 0 aromatic heterocycles. The third kappa shape index (κ3) is 8.66. The van der Waals surface area contributed by atoms with Crippen LogP contribution in [0.15, 0.2) is 102 Å². The van der Waals surface area contributed by atoms with Gasteiger partial charge in [0, 0.05) is 19.0 Å². The standard InChI is InChI=1S/C35H37Cl2N3O4S/c1-24(2)38-35(42)32(21-27-11-6-5-7-12-27)39(22-28-13-8-10-26(4)20-28)33(41)23-40(31-15-9-14-30(36)34(31)37)45(43,44)29-18-16-25(3)17-19-29/h5-20,24,32H,21-23H2,1-4H3,(H,38,42)/t32-/m0/s1. The lowest BCUT2D eigenvalue weighted by Gasteiger charge is -2.34. The van der Waals surface area contributed by atoms with Gasteiger partial charge in [0.2, 0.25) is 11.8 Å². The van der Waals surface area contributed by atoms with E-state index < -0.39 is 28.5 Å². The van der Waals surface area contributed by atoms with Crippen molar-refractivity contribution in [2.75, 3.05) is 10.8 Å². The first-order chi connectivity index (χ1) is 21.4. The second-order valence-corrected chi connectivity index (χ2v) is 13.9. The van der Waals surface area contributed by atoms with Crippen LogP contribution in [0.3, 0.4) is 0 Å². The molecule has 4 aromatic rings. The monoisotopic (exact) mass is 665 g/mol. The van der Waals surface area contributed by atoms with E-state index in [2.05, 4.69) is 5.32 Å². The molecule has 0 saturated heterocycles. The summed E-state index contributed by atoms with van der Waals surface area (Å²) >= 11 is 12.9. The summed E-state index contributed by atoms with van der Waals surface area (Å²) in [5.41, 5.74) is 3.57. The lowest BCUT2D eigenvalue weighted by molar-refractivity contribution is -0.140. The number of sulfonamides is 1. The fourth-order valence-corrected chi connectivity index (χ4v) is 6.85. The summed E-state index contributed by atoms with van der Waals surface area (Å²) in [4.78, 5) is 29.8. The smallest absolute Gasteiger partial charge is 0.264 e. The van der Waals surface area contributed by atoms with Gasteiger partial charge in [-0.05, 0) is 63.1 Å². The number of rotatable bonds is 12. The molecule has 0 radical (unpaired) electrons. The number of benzene rings is 4. The Kier molecular flexibility index (Phi) is 11.3. The molecular weight excluding hydrogens is 629 g/mol. The predicted molar refractivity (Wildman–Crippen MR) is 181 cm³/mol. The zero-order valence-corrected chi connectivity index (χ0v) is 28.0. The molecule has 7 nitrogen and oxygen atoms in total. The summed E-state index contributed by atoms with van der Waals surface area (Å²) in [5, 5.41) is 3.09. The molecule has 4 rings (SSSR count). The fraction of sp³-hybridized carbons (Fsp3) is 0.257. The van der Waals surface area contributed by atoms with Crippen molar-refractivity contribution >= 4 is 50.7 Å². The Morgan fingerprint density at radius 2 is 1.44 bits per heavy atom. The molecule has 0 unspecified atom stereocenters. The van der Waals surface area contributed by atoms with Crippen LogP contribution in [0.25, 0.3) is 0 Å². The lowest BCUT2D eigenvalue weighted by Crippen LogP contribution is -2.54. The van der Waals surface area contributed by atoms with Gasteiger partial charge in [0.05, 0.1) is 20.6 Å². The van der Waals surface area contributed by atoms with Crippen LogP contribution in [0, 0.1) is 13.8 Å². The lowest BCUT2D eigenvalue weighted by atomic mass is 10.0. The van der Waals surface area contributed by atoms with Gasteiger partial charge in [-0.3, -0.25) is 13.9 Å². The highest BCUT2D eigenvalue weighted by molar-refractivity contribution is 7.92. The Morgan fingerprint density at radius 1 is 0.800 bits per heavy atom. The summed E-state index contributed by atoms with van der Waals surface area (Å²) in [6.07, 6.45) is 0.222. The minimum atomic E-state index is -4.30. The average Bonchev–Trinajstić information content (AvgIpc) is 2.99. The fourth-order valence-electron chi connectivity index (χ4n) is 4.98.